The summed E-state index contributed by atoms with van der Waals surface area (Å²) in [6.07, 6.45) is 4.06. The number of Topliss-reactive ketones (excluding diaryl/α,β-unsaturated/α-hetero) is 1. The number of hydrogen-bond donors (Lipinski definition) is 1. The number of fused-ring (bicyclic) bond motifs is 2. The van der Waals surface area contributed by atoms with E-state index in [2.05, 4.69) is 27.3 Å². The molecule has 188 valence electrons. The summed E-state index contributed by atoms with van der Waals surface area (Å²) >= 11 is 3.11. The van der Waals surface area contributed by atoms with Crippen molar-refractivity contribution in [1.29, 1.82) is 0 Å². The second kappa shape index (κ2) is 9.39. The lowest BCUT2D eigenvalue weighted by Crippen LogP contribution is -2.36. The Labute approximate surface area is 221 Å². The van der Waals surface area contributed by atoms with Crippen LogP contribution >= 0.6 is 23.1 Å². The molecule has 1 spiro atoms. The second-order valence-electron chi connectivity index (χ2n) is 9.22. The van der Waals surface area contributed by atoms with Crippen molar-refractivity contribution in [2.75, 3.05) is 12.4 Å². The van der Waals surface area contributed by atoms with E-state index in [4.69, 9.17) is 14.0 Å². The molecule has 0 bridgehead atoms. The Bertz CT molecular complexity index is 1470. The Hall–Kier alpha value is -3.55. The molecular weight excluding hydrogens is 510 g/mol. The van der Waals surface area contributed by atoms with Crippen LogP contribution in [0.3, 0.4) is 0 Å². The molecule has 2 saturated carbocycles. The third-order valence-corrected chi connectivity index (χ3v) is 9.12. The molecule has 0 amide bonds. The van der Waals surface area contributed by atoms with Gasteiger partial charge in [0.2, 0.25) is 17.4 Å². The molecule has 1 N–H and O–H groups in total. The molecule has 3 aromatic rings. The second-order valence-corrected chi connectivity index (χ2v) is 11.5. The maximum absolute atomic E-state index is 12.2. The van der Waals surface area contributed by atoms with Crippen molar-refractivity contribution in [3.63, 3.8) is 0 Å². The Morgan fingerprint density at radius 2 is 2.03 bits per heavy atom. The topological polar surface area (TPSA) is 104 Å². The molecule has 8 nitrogen and oxygen atoms in total. The zero-order valence-corrected chi connectivity index (χ0v) is 21.8. The number of allylic oxidation sites excluding steroid dienone is 2. The highest BCUT2D eigenvalue weighted by Gasteiger charge is 2.65. The van der Waals surface area contributed by atoms with Gasteiger partial charge in [-0.2, -0.15) is 4.98 Å². The van der Waals surface area contributed by atoms with Crippen LogP contribution in [-0.4, -0.2) is 29.4 Å². The van der Waals surface area contributed by atoms with E-state index in [9.17, 15) is 9.59 Å². The van der Waals surface area contributed by atoms with Crippen molar-refractivity contribution < 1.29 is 23.6 Å². The van der Waals surface area contributed by atoms with E-state index in [1.165, 1.54) is 11.3 Å². The summed E-state index contributed by atoms with van der Waals surface area (Å²) in [4.78, 5) is 27.6. The molecule has 1 aliphatic heterocycles. The average molecular weight is 534 g/mol. The number of thioether (sulfide) groups is 1. The smallest absolute Gasteiger partial charge is 0.293 e. The van der Waals surface area contributed by atoms with Gasteiger partial charge in [-0.25, -0.2) is 0 Å². The zero-order valence-electron chi connectivity index (χ0n) is 20.2. The van der Waals surface area contributed by atoms with Gasteiger partial charge in [-0.05, 0) is 50.0 Å². The summed E-state index contributed by atoms with van der Waals surface area (Å²) in [5, 5.41) is 7.95. The number of nitrogens with zero attached hydrogens (tertiary/aromatic N) is 2. The summed E-state index contributed by atoms with van der Waals surface area (Å²) < 4.78 is 16.9. The number of rotatable bonds is 5. The van der Waals surface area contributed by atoms with Crippen LogP contribution in [0.4, 0.5) is 5.69 Å². The maximum atomic E-state index is 12.2. The standard InChI is InChI=1S/C18H13N3O3S2.C9H10O2/c1-19-12-9(24-21-11(12)8-2-3-8)4-5-10-20-16-17(25-10)26-15-13(23-16)14(22)18(15)6-7-18;1-8(11-7-10)9-5-3-2-4-6-9/h8,19H,2-3,6-7H2,1H3;2-8H,1H3. The van der Waals surface area contributed by atoms with Gasteiger partial charge < -0.3 is 19.3 Å². The molecule has 0 saturated heterocycles. The minimum Gasteiger partial charge on any atom is -0.460 e. The lowest BCUT2D eigenvalue weighted by atomic mass is 9.87. The van der Waals surface area contributed by atoms with Crippen LogP contribution in [0.1, 0.15) is 66.7 Å². The number of carbonyl (C=O) groups excluding carboxylic acids is 2. The first kappa shape index (κ1) is 23.8. The van der Waals surface area contributed by atoms with Gasteiger partial charge in [0.25, 0.3) is 6.47 Å². The van der Waals surface area contributed by atoms with E-state index in [-0.39, 0.29) is 17.3 Å². The lowest BCUT2D eigenvalue weighted by Gasteiger charge is -2.32. The first-order valence-electron chi connectivity index (χ1n) is 12.0. The van der Waals surface area contributed by atoms with Crippen molar-refractivity contribution in [3.8, 4) is 17.7 Å². The number of thiazole rings is 1. The Kier molecular flexibility index (Phi) is 6.05. The number of ether oxygens (including phenoxy) is 2. The van der Waals surface area contributed by atoms with Crippen molar-refractivity contribution in [3.05, 3.63) is 63.0 Å². The van der Waals surface area contributed by atoms with E-state index in [0.29, 0.717) is 34.8 Å². The molecule has 37 heavy (non-hydrogen) atoms. The van der Waals surface area contributed by atoms with Crippen LogP contribution in [0.25, 0.3) is 0 Å². The number of aromatic nitrogens is 2. The Balaban J connectivity index is 0.000000194. The largest absolute Gasteiger partial charge is 0.460 e. The predicted molar refractivity (Wildman–Crippen MR) is 138 cm³/mol. The lowest BCUT2D eigenvalue weighted by molar-refractivity contribution is -0.133. The monoisotopic (exact) mass is 533 g/mol. The van der Waals surface area contributed by atoms with Crippen LogP contribution < -0.4 is 10.1 Å². The number of hydrogen-bond acceptors (Lipinski definition) is 10. The maximum Gasteiger partial charge on any atom is 0.293 e. The molecule has 0 radical (unpaired) electrons. The quantitative estimate of drug-likeness (QED) is 0.340. The van der Waals surface area contributed by atoms with Crippen LogP contribution in [0.15, 0.2) is 49.7 Å². The molecule has 2 aromatic heterocycles. The number of carbonyl (C=O) groups is 2. The fourth-order valence-corrected chi connectivity index (χ4v) is 6.63. The number of nitrogens with one attached hydrogen (secondary N) is 1. The van der Waals surface area contributed by atoms with Gasteiger partial charge in [-0.3, -0.25) is 9.59 Å². The summed E-state index contributed by atoms with van der Waals surface area (Å²) in [6.45, 7) is 2.31. The number of anilines is 1. The third-order valence-electron chi connectivity index (χ3n) is 6.74. The van der Waals surface area contributed by atoms with Gasteiger partial charge in [0.15, 0.2) is 10.8 Å². The number of benzene rings is 1. The van der Waals surface area contributed by atoms with Crippen molar-refractivity contribution in [1.82, 2.24) is 10.1 Å². The molecule has 7 rings (SSSR count). The highest BCUT2D eigenvalue weighted by Crippen LogP contribution is 2.68. The molecule has 2 fully saturated rings. The minimum absolute atomic E-state index is 0.138. The van der Waals surface area contributed by atoms with Gasteiger partial charge in [-0.1, -0.05) is 58.6 Å². The summed E-state index contributed by atoms with van der Waals surface area (Å²) in [5.41, 5.74) is 2.64. The molecular formula is C27H23N3O5S2. The van der Waals surface area contributed by atoms with Crippen LogP contribution in [0.2, 0.25) is 0 Å². The van der Waals surface area contributed by atoms with Gasteiger partial charge >= 0.3 is 0 Å². The highest BCUT2D eigenvalue weighted by atomic mass is 32.2. The van der Waals surface area contributed by atoms with Crippen molar-refractivity contribution >= 4 is 41.0 Å². The van der Waals surface area contributed by atoms with Crippen molar-refractivity contribution in [2.24, 2.45) is 5.41 Å². The zero-order chi connectivity index (χ0) is 25.6. The number of ketones is 1. The van der Waals surface area contributed by atoms with Crippen LogP contribution in [0, 0.1) is 17.3 Å². The molecule has 1 unspecified atom stereocenters. The molecule has 10 heteroatoms. The Morgan fingerprint density at radius 1 is 1.24 bits per heavy atom. The van der Waals surface area contributed by atoms with E-state index in [0.717, 1.165) is 51.7 Å². The summed E-state index contributed by atoms with van der Waals surface area (Å²) in [5.74, 6) is 8.23. The van der Waals surface area contributed by atoms with Gasteiger partial charge in [0, 0.05) is 13.0 Å². The predicted octanol–water partition coefficient (Wildman–Crippen LogP) is 5.43. The Morgan fingerprint density at radius 3 is 2.70 bits per heavy atom. The van der Waals surface area contributed by atoms with E-state index < -0.39 is 0 Å². The van der Waals surface area contributed by atoms with Gasteiger partial charge in [0.1, 0.15) is 21.7 Å². The van der Waals surface area contributed by atoms with E-state index in [1.54, 1.807) is 11.8 Å². The summed E-state index contributed by atoms with van der Waals surface area (Å²) in [7, 11) is 1.85. The fourth-order valence-electron chi connectivity index (χ4n) is 4.32. The van der Waals surface area contributed by atoms with Crippen LogP contribution in [0.5, 0.6) is 5.88 Å². The van der Waals surface area contributed by atoms with Gasteiger partial charge in [-0.15, -0.1) is 0 Å². The minimum atomic E-state index is -0.214. The van der Waals surface area contributed by atoms with Crippen molar-refractivity contribution in [2.45, 2.75) is 48.8 Å². The SMILES string of the molecule is CC(OC=O)c1ccccc1.CNc1c(C2CC2)noc1C#Cc1nc2c(s1)SC1=C(O2)C(=O)C12CC2. The summed E-state index contributed by atoms with van der Waals surface area (Å²) in [6, 6.07) is 9.61. The normalized spacial score (nSPS) is 18.6. The highest BCUT2D eigenvalue weighted by molar-refractivity contribution is 8.05. The van der Waals surface area contributed by atoms with Crippen LogP contribution in [-0.2, 0) is 14.3 Å². The first-order valence-corrected chi connectivity index (χ1v) is 13.7. The van der Waals surface area contributed by atoms with Gasteiger partial charge in [0.05, 0.1) is 10.3 Å². The average Bonchev–Trinajstić information content (AvgIpc) is 3.86. The molecule has 1 atom stereocenters. The fraction of sp³-hybridized carbons (Fsp3) is 0.333. The van der Waals surface area contributed by atoms with E-state index >= 15 is 0 Å². The third kappa shape index (κ3) is 4.32. The molecule has 3 heterocycles. The molecule has 3 aliphatic carbocycles. The molecule has 1 aromatic carbocycles. The van der Waals surface area contributed by atoms with E-state index in [1.807, 2.05) is 44.3 Å². The molecule has 4 aliphatic rings. The first-order chi connectivity index (χ1) is 18.0.